The van der Waals surface area contributed by atoms with Gasteiger partial charge in [-0.05, 0) is 54.5 Å². The monoisotopic (exact) mass is 463 g/mol. The Morgan fingerprint density at radius 3 is 2.62 bits per heavy atom. The maximum Gasteiger partial charge on any atom is 0.280 e. The molecule has 1 aromatic carbocycles. The lowest BCUT2D eigenvalue weighted by atomic mass is 9.96. The van der Waals surface area contributed by atoms with E-state index in [1.54, 1.807) is 19.1 Å². The highest BCUT2D eigenvalue weighted by Crippen LogP contribution is 2.37. The number of alkyl halides is 2. The van der Waals surface area contributed by atoms with Crippen molar-refractivity contribution in [3.05, 3.63) is 53.2 Å². The highest BCUT2D eigenvalue weighted by Gasteiger charge is 2.28. The molecule has 1 atom stereocenters. The topological polar surface area (TPSA) is 46.9 Å². The fraction of sp³-hybridized carbons (Fsp3) is 0.458. The molecule has 1 saturated carbocycles. The molecule has 0 radical (unpaired) electrons. The second-order valence-electron chi connectivity index (χ2n) is 9.70. The zero-order valence-electron chi connectivity index (χ0n) is 18.7. The van der Waals surface area contributed by atoms with Gasteiger partial charge in [0.05, 0.1) is 11.0 Å². The van der Waals surface area contributed by atoms with Gasteiger partial charge in [-0.1, -0.05) is 20.8 Å². The number of halogens is 3. The van der Waals surface area contributed by atoms with Crippen molar-refractivity contribution in [1.29, 1.82) is 0 Å². The van der Waals surface area contributed by atoms with E-state index >= 15 is 4.39 Å². The molecule has 2 aromatic heterocycles. The number of pyridine rings is 1. The molecular formula is C24H28F3N3OS. The third-order valence-electron chi connectivity index (χ3n) is 5.59. The average molecular weight is 464 g/mol. The van der Waals surface area contributed by atoms with Crippen LogP contribution in [0.1, 0.15) is 56.9 Å². The summed E-state index contributed by atoms with van der Waals surface area (Å²) in [5.41, 5.74) is 1.92. The first-order valence-corrected chi connectivity index (χ1v) is 12.0. The van der Waals surface area contributed by atoms with E-state index in [9.17, 15) is 13.0 Å². The zero-order valence-corrected chi connectivity index (χ0v) is 19.5. The first-order chi connectivity index (χ1) is 15.0. The third-order valence-corrected chi connectivity index (χ3v) is 7.10. The predicted molar refractivity (Wildman–Crippen MR) is 122 cm³/mol. The van der Waals surface area contributed by atoms with Crippen LogP contribution in [0, 0.1) is 18.2 Å². The van der Waals surface area contributed by atoms with Crippen molar-refractivity contribution >= 4 is 21.9 Å². The van der Waals surface area contributed by atoms with Gasteiger partial charge in [-0.25, -0.2) is 22.1 Å². The lowest BCUT2D eigenvalue weighted by Crippen LogP contribution is -2.19. The number of nitrogens with one attached hydrogen (secondary N) is 1. The number of rotatable bonds is 7. The Balaban J connectivity index is 1.85. The van der Waals surface area contributed by atoms with Crippen molar-refractivity contribution < 1.29 is 17.4 Å². The minimum Gasteiger partial charge on any atom is -0.347 e. The van der Waals surface area contributed by atoms with Crippen LogP contribution < -0.4 is 4.72 Å². The van der Waals surface area contributed by atoms with Gasteiger partial charge >= 0.3 is 0 Å². The van der Waals surface area contributed by atoms with Crippen molar-refractivity contribution in [2.45, 2.75) is 65.3 Å². The van der Waals surface area contributed by atoms with Crippen LogP contribution in [0.3, 0.4) is 0 Å². The molecule has 0 aliphatic heterocycles. The minimum atomic E-state index is -2.81. The van der Waals surface area contributed by atoms with Crippen LogP contribution in [0.25, 0.3) is 22.0 Å². The zero-order chi connectivity index (χ0) is 23.2. The van der Waals surface area contributed by atoms with Gasteiger partial charge in [-0.3, -0.25) is 4.98 Å². The van der Waals surface area contributed by atoms with Gasteiger partial charge in [-0.15, -0.1) is 0 Å². The molecule has 1 N–H and O–H groups in total. The Morgan fingerprint density at radius 1 is 1.28 bits per heavy atom. The first-order valence-electron chi connectivity index (χ1n) is 10.7. The van der Waals surface area contributed by atoms with Crippen molar-refractivity contribution in [3.8, 4) is 11.1 Å². The van der Waals surface area contributed by atoms with Crippen LogP contribution in [0.15, 0.2) is 30.6 Å². The van der Waals surface area contributed by atoms with Gasteiger partial charge < -0.3 is 4.57 Å². The smallest absolute Gasteiger partial charge is 0.280 e. The molecule has 1 fully saturated rings. The maximum atomic E-state index is 15.3. The normalized spacial score (nSPS) is 15.6. The summed E-state index contributed by atoms with van der Waals surface area (Å²) in [4.78, 5) is 3.83. The van der Waals surface area contributed by atoms with Crippen LogP contribution in [-0.2, 0) is 24.1 Å². The van der Waals surface area contributed by atoms with Gasteiger partial charge in [-0.2, -0.15) is 0 Å². The van der Waals surface area contributed by atoms with Crippen molar-refractivity contribution in [2.24, 2.45) is 5.41 Å². The summed E-state index contributed by atoms with van der Waals surface area (Å²) in [5, 5.41) is 0.888. The molecule has 1 aliphatic rings. The van der Waals surface area contributed by atoms with Crippen molar-refractivity contribution in [2.75, 3.05) is 0 Å². The lowest BCUT2D eigenvalue weighted by molar-refractivity contribution is 0.146. The van der Waals surface area contributed by atoms with E-state index in [2.05, 4.69) is 30.5 Å². The van der Waals surface area contributed by atoms with E-state index in [-0.39, 0.29) is 21.8 Å². The Labute approximate surface area is 188 Å². The molecular weight excluding hydrogens is 435 g/mol. The fourth-order valence-electron chi connectivity index (χ4n) is 4.00. The lowest BCUT2D eigenvalue weighted by Gasteiger charge is -2.20. The molecule has 1 unspecified atom stereocenters. The third kappa shape index (κ3) is 4.76. The highest BCUT2D eigenvalue weighted by atomic mass is 32.2. The quantitative estimate of drug-likeness (QED) is 0.464. The number of nitrogens with zero attached hydrogens (tertiary/aromatic N) is 2. The molecule has 1 aliphatic carbocycles. The molecule has 0 bridgehead atoms. The van der Waals surface area contributed by atoms with Gasteiger partial charge in [0, 0.05) is 52.8 Å². The van der Waals surface area contributed by atoms with Gasteiger partial charge in [0.15, 0.2) is 0 Å². The Hall–Kier alpha value is -2.19. The Morgan fingerprint density at radius 2 is 2.00 bits per heavy atom. The summed E-state index contributed by atoms with van der Waals surface area (Å²) in [6.45, 7) is 9.00. The fourth-order valence-corrected chi connectivity index (χ4v) is 5.10. The number of fused-ring (bicyclic) bond motifs is 1. The van der Waals surface area contributed by atoms with Crippen molar-refractivity contribution in [1.82, 2.24) is 14.3 Å². The van der Waals surface area contributed by atoms with Crippen LogP contribution in [0.5, 0.6) is 0 Å². The van der Waals surface area contributed by atoms with Gasteiger partial charge in [0.25, 0.3) is 6.43 Å². The molecule has 8 heteroatoms. The predicted octanol–water partition coefficient (Wildman–Crippen LogP) is 6.05. The van der Waals surface area contributed by atoms with E-state index in [4.69, 9.17) is 0 Å². The number of aryl methyl sites for hydroxylation is 1. The second kappa shape index (κ2) is 8.63. The Kier molecular flexibility index (Phi) is 6.20. The van der Waals surface area contributed by atoms with Crippen molar-refractivity contribution in [3.63, 3.8) is 0 Å². The molecule has 4 nitrogen and oxygen atoms in total. The Bertz CT molecular complexity index is 1180. The molecule has 3 aromatic rings. The summed E-state index contributed by atoms with van der Waals surface area (Å²) >= 11 is 0. The average Bonchev–Trinajstić information content (AvgIpc) is 3.50. The van der Waals surface area contributed by atoms with E-state index in [0.29, 0.717) is 24.0 Å². The number of hydrogen-bond donors (Lipinski definition) is 1. The number of aromatic nitrogens is 2. The van der Waals surface area contributed by atoms with Crippen LogP contribution in [0.2, 0.25) is 0 Å². The van der Waals surface area contributed by atoms with Crippen LogP contribution >= 0.6 is 0 Å². The summed E-state index contributed by atoms with van der Waals surface area (Å²) in [6.07, 6.45) is 2.38. The highest BCUT2D eigenvalue weighted by molar-refractivity contribution is 7.83. The van der Waals surface area contributed by atoms with Gasteiger partial charge in [0.2, 0.25) is 0 Å². The standard InChI is InChI=1S/C24H28F3N3OS/c1-14-7-8-28-22(23(26)27)21(14)18-10-20-17(9-19(18)25)15(11-29-32(31)16-5-6-16)12-30(20)13-24(2,3)4/h7-10,12,16,23,29H,5-6,11,13H2,1-4H3. The molecule has 0 saturated heterocycles. The largest absolute Gasteiger partial charge is 0.347 e. The second-order valence-corrected chi connectivity index (χ2v) is 11.2. The molecule has 0 spiro atoms. The maximum absolute atomic E-state index is 15.3. The molecule has 0 amide bonds. The van der Waals surface area contributed by atoms with Gasteiger partial charge in [0.1, 0.15) is 11.5 Å². The van der Waals surface area contributed by atoms with E-state index in [1.807, 2.05) is 10.8 Å². The summed E-state index contributed by atoms with van der Waals surface area (Å²) in [6, 6.07) is 4.66. The van der Waals surface area contributed by atoms with E-state index in [0.717, 1.165) is 23.9 Å². The molecule has 32 heavy (non-hydrogen) atoms. The molecule has 172 valence electrons. The summed E-state index contributed by atoms with van der Waals surface area (Å²) in [5.74, 6) is -0.575. The molecule has 4 rings (SSSR count). The summed E-state index contributed by atoms with van der Waals surface area (Å²) < 4.78 is 60.0. The SMILES string of the molecule is Cc1ccnc(C(F)F)c1-c1cc2c(cc1F)c(CNS(=O)C1CC1)cn2CC(C)(C)C. The van der Waals surface area contributed by atoms with Crippen LogP contribution in [0.4, 0.5) is 13.2 Å². The van der Waals surface area contributed by atoms with Crippen LogP contribution in [-0.4, -0.2) is 19.0 Å². The molecule has 2 heterocycles. The number of hydrogen-bond acceptors (Lipinski definition) is 2. The summed E-state index contributed by atoms with van der Waals surface area (Å²) in [7, 11) is -1.11. The number of benzene rings is 1. The van der Waals surface area contributed by atoms with E-state index < -0.39 is 28.9 Å². The first kappa shape index (κ1) is 23.0. The minimum absolute atomic E-state index is 0.0552. The van der Waals surface area contributed by atoms with E-state index in [1.165, 1.54) is 12.3 Å².